The van der Waals surface area contributed by atoms with E-state index >= 15 is 0 Å². The van der Waals surface area contributed by atoms with Crippen molar-refractivity contribution in [2.75, 3.05) is 11.9 Å². The first-order chi connectivity index (χ1) is 11.2. The topological polar surface area (TPSA) is 77.8 Å². The van der Waals surface area contributed by atoms with Crippen LogP contribution >= 0.6 is 0 Å². The number of ether oxygens (including phenoxy) is 2. The lowest BCUT2D eigenvalue weighted by Crippen LogP contribution is -2.40. The number of nitrogens with zero attached hydrogens (tertiary/aromatic N) is 3. The predicted molar refractivity (Wildman–Crippen MR) is 82.7 cm³/mol. The lowest BCUT2D eigenvalue weighted by atomic mass is 10.2. The monoisotopic (exact) mass is 310 g/mol. The van der Waals surface area contributed by atoms with Gasteiger partial charge >= 0.3 is 0 Å². The Morgan fingerprint density at radius 1 is 1.26 bits per heavy atom. The summed E-state index contributed by atoms with van der Waals surface area (Å²) < 4.78 is 12.9. The van der Waals surface area contributed by atoms with Gasteiger partial charge in [-0.2, -0.15) is 5.10 Å². The molecule has 7 heteroatoms. The third kappa shape index (κ3) is 2.46. The summed E-state index contributed by atoms with van der Waals surface area (Å²) in [6, 6.07) is 10.9. The summed E-state index contributed by atoms with van der Waals surface area (Å²) in [6.07, 6.45) is 1.07. The SMILES string of the molecule is Cc1nc2c(NC(=O)C3COc4ccccc4O3)cccn2n1. The summed E-state index contributed by atoms with van der Waals surface area (Å²) in [5.41, 5.74) is 1.18. The van der Waals surface area contributed by atoms with E-state index in [0.717, 1.165) is 0 Å². The zero-order valence-electron chi connectivity index (χ0n) is 12.4. The number of rotatable bonds is 2. The number of benzene rings is 1. The molecule has 7 nitrogen and oxygen atoms in total. The normalized spacial score (nSPS) is 16.3. The maximum atomic E-state index is 12.5. The van der Waals surface area contributed by atoms with Crippen molar-refractivity contribution in [3.8, 4) is 11.5 Å². The molecule has 1 aliphatic heterocycles. The third-order valence-electron chi connectivity index (χ3n) is 3.53. The minimum atomic E-state index is -0.714. The number of aromatic nitrogens is 3. The number of anilines is 1. The van der Waals surface area contributed by atoms with E-state index in [2.05, 4.69) is 15.4 Å². The van der Waals surface area contributed by atoms with Gasteiger partial charge in [0.25, 0.3) is 5.91 Å². The van der Waals surface area contributed by atoms with E-state index in [0.29, 0.717) is 28.7 Å². The molecule has 1 aliphatic rings. The van der Waals surface area contributed by atoms with Crippen LogP contribution in [0.5, 0.6) is 11.5 Å². The second-order valence-electron chi connectivity index (χ2n) is 5.20. The Labute approximate surface area is 131 Å². The minimum absolute atomic E-state index is 0.164. The third-order valence-corrected chi connectivity index (χ3v) is 3.53. The molecule has 0 spiro atoms. The van der Waals surface area contributed by atoms with Crippen LogP contribution in [0.25, 0.3) is 5.65 Å². The average Bonchev–Trinajstić information content (AvgIpc) is 2.95. The smallest absolute Gasteiger partial charge is 0.269 e. The number of hydrogen-bond donors (Lipinski definition) is 1. The van der Waals surface area contributed by atoms with E-state index in [4.69, 9.17) is 9.47 Å². The number of nitrogens with one attached hydrogen (secondary N) is 1. The molecule has 4 rings (SSSR count). The molecule has 0 saturated heterocycles. The average molecular weight is 310 g/mol. The molecule has 3 aromatic rings. The highest BCUT2D eigenvalue weighted by atomic mass is 16.6. The van der Waals surface area contributed by atoms with Crippen molar-refractivity contribution in [3.63, 3.8) is 0 Å². The first-order valence-electron chi connectivity index (χ1n) is 7.22. The number of aryl methyl sites for hydroxylation is 1. The zero-order valence-corrected chi connectivity index (χ0v) is 12.4. The Balaban J connectivity index is 1.56. The van der Waals surface area contributed by atoms with E-state index in [1.165, 1.54) is 0 Å². The van der Waals surface area contributed by atoms with Gasteiger partial charge in [0, 0.05) is 6.20 Å². The fraction of sp³-hybridized carbons (Fsp3) is 0.188. The molecular formula is C16H14N4O3. The van der Waals surface area contributed by atoms with Crippen molar-refractivity contribution in [2.24, 2.45) is 0 Å². The van der Waals surface area contributed by atoms with Gasteiger partial charge in [0.2, 0.25) is 6.10 Å². The Morgan fingerprint density at radius 3 is 2.96 bits per heavy atom. The number of amides is 1. The van der Waals surface area contributed by atoms with Crippen LogP contribution < -0.4 is 14.8 Å². The van der Waals surface area contributed by atoms with E-state index < -0.39 is 6.10 Å². The largest absolute Gasteiger partial charge is 0.485 e. The summed E-state index contributed by atoms with van der Waals surface area (Å²) in [5.74, 6) is 1.56. The van der Waals surface area contributed by atoms with Crippen LogP contribution in [0.15, 0.2) is 42.6 Å². The van der Waals surface area contributed by atoms with Gasteiger partial charge in [0.1, 0.15) is 12.4 Å². The Morgan fingerprint density at radius 2 is 2.09 bits per heavy atom. The maximum Gasteiger partial charge on any atom is 0.269 e. The highest BCUT2D eigenvalue weighted by molar-refractivity contribution is 5.97. The fourth-order valence-corrected chi connectivity index (χ4v) is 2.47. The first kappa shape index (κ1) is 13.6. The number of hydrogen-bond acceptors (Lipinski definition) is 5. The lowest BCUT2D eigenvalue weighted by Gasteiger charge is -2.25. The fourth-order valence-electron chi connectivity index (χ4n) is 2.47. The van der Waals surface area contributed by atoms with E-state index in [-0.39, 0.29) is 12.5 Å². The molecule has 0 aliphatic carbocycles. The van der Waals surface area contributed by atoms with Gasteiger partial charge in [0.05, 0.1) is 5.69 Å². The summed E-state index contributed by atoms with van der Waals surface area (Å²) in [4.78, 5) is 16.8. The van der Waals surface area contributed by atoms with Gasteiger partial charge in [-0.3, -0.25) is 4.79 Å². The summed E-state index contributed by atoms with van der Waals surface area (Å²) >= 11 is 0. The molecule has 1 atom stereocenters. The van der Waals surface area contributed by atoms with Gasteiger partial charge < -0.3 is 14.8 Å². The Hall–Kier alpha value is -3.09. The molecule has 0 saturated carbocycles. The lowest BCUT2D eigenvalue weighted by molar-refractivity contribution is -0.125. The summed E-state index contributed by atoms with van der Waals surface area (Å²) in [5, 5.41) is 7.05. The Kier molecular flexibility index (Phi) is 3.11. The van der Waals surface area contributed by atoms with E-state index in [1.54, 1.807) is 35.8 Å². The van der Waals surface area contributed by atoms with Crippen LogP contribution in [-0.2, 0) is 4.79 Å². The van der Waals surface area contributed by atoms with Crippen LogP contribution in [0.1, 0.15) is 5.82 Å². The molecule has 0 fully saturated rings. The molecule has 2 aromatic heterocycles. The van der Waals surface area contributed by atoms with Crippen molar-refractivity contribution in [2.45, 2.75) is 13.0 Å². The van der Waals surface area contributed by atoms with Gasteiger partial charge in [-0.15, -0.1) is 0 Å². The van der Waals surface area contributed by atoms with Gasteiger partial charge in [0.15, 0.2) is 17.1 Å². The van der Waals surface area contributed by atoms with Crippen LogP contribution in [0, 0.1) is 6.92 Å². The number of carbonyl (C=O) groups is 1. The van der Waals surface area contributed by atoms with Gasteiger partial charge in [-0.1, -0.05) is 12.1 Å². The van der Waals surface area contributed by atoms with Gasteiger partial charge in [-0.25, -0.2) is 9.50 Å². The van der Waals surface area contributed by atoms with Crippen molar-refractivity contribution in [1.82, 2.24) is 14.6 Å². The Bertz CT molecular complexity index is 890. The molecule has 0 radical (unpaired) electrons. The summed E-state index contributed by atoms with van der Waals surface area (Å²) in [7, 11) is 0. The van der Waals surface area contributed by atoms with Crippen LogP contribution in [0.4, 0.5) is 5.69 Å². The van der Waals surface area contributed by atoms with Gasteiger partial charge in [-0.05, 0) is 31.2 Å². The molecule has 116 valence electrons. The molecule has 1 unspecified atom stereocenters. The van der Waals surface area contributed by atoms with Crippen LogP contribution in [0.3, 0.4) is 0 Å². The highest BCUT2D eigenvalue weighted by Gasteiger charge is 2.27. The van der Waals surface area contributed by atoms with Crippen molar-refractivity contribution in [1.29, 1.82) is 0 Å². The van der Waals surface area contributed by atoms with Crippen molar-refractivity contribution < 1.29 is 14.3 Å². The molecule has 3 heterocycles. The maximum absolute atomic E-state index is 12.5. The van der Waals surface area contributed by atoms with Crippen molar-refractivity contribution >= 4 is 17.2 Å². The molecule has 1 N–H and O–H groups in total. The highest BCUT2D eigenvalue weighted by Crippen LogP contribution is 2.31. The second kappa shape index (κ2) is 5.28. The zero-order chi connectivity index (χ0) is 15.8. The molecule has 23 heavy (non-hydrogen) atoms. The first-order valence-corrected chi connectivity index (χ1v) is 7.22. The summed E-state index contributed by atoms with van der Waals surface area (Å²) in [6.45, 7) is 1.96. The predicted octanol–water partition coefficient (Wildman–Crippen LogP) is 1.82. The minimum Gasteiger partial charge on any atom is -0.485 e. The molecule has 0 bridgehead atoms. The van der Waals surface area contributed by atoms with E-state index in [1.807, 2.05) is 18.2 Å². The van der Waals surface area contributed by atoms with Crippen LogP contribution in [-0.4, -0.2) is 33.2 Å². The second-order valence-corrected chi connectivity index (χ2v) is 5.20. The molecule has 1 amide bonds. The molecule has 1 aromatic carbocycles. The number of carbonyl (C=O) groups excluding carboxylic acids is 1. The van der Waals surface area contributed by atoms with Crippen LogP contribution in [0.2, 0.25) is 0 Å². The quantitative estimate of drug-likeness (QED) is 0.781. The number of para-hydroxylation sites is 2. The van der Waals surface area contributed by atoms with E-state index in [9.17, 15) is 4.79 Å². The standard InChI is InChI=1S/C16H14N4O3/c1-10-17-15-11(5-4-8-20(15)19-10)18-16(21)14-9-22-12-6-2-3-7-13(12)23-14/h2-8,14H,9H2,1H3,(H,18,21). The molecular weight excluding hydrogens is 296 g/mol. The number of pyridine rings is 1. The number of fused-ring (bicyclic) bond motifs is 2. The van der Waals surface area contributed by atoms with Crippen molar-refractivity contribution in [3.05, 3.63) is 48.4 Å².